The maximum Gasteiger partial charge on any atom is 0.141 e. The Kier molecular flexibility index (Phi) is 2.23. The first kappa shape index (κ1) is 9.19. The molecule has 1 atom stereocenters. The molecule has 1 aliphatic heterocycles. The Bertz CT molecular complexity index is 376. The van der Waals surface area contributed by atoms with Gasteiger partial charge in [0, 0.05) is 24.6 Å². The predicted molar refractivity (Wildman–Crippen MR) is 52.8 cm³/mol. The van der Waals surface area contributed by atoms with Gasteiger partial charge in [-0.25, -0.2) is 4.39 Å². The van der Waals surface area contributed by atoms with Gasteiger partial charge in [-0.2, -0.15) is 0 Å². The van der Waals surface area contributed by atoms with Gasteiger partial charge in [-0.1, -0.05) is 6.92 Å². The van der Waals surface area contributed by atoms with Crippen LogP contribution >= 0.6 is 0 Å². The number of carbonyl (C=O) groups is 1. The van der Waals surface area contributed by atoms with Crippen LogP contribution in [0.5, 0.6) is 0 Å². The summed E-state index contributed by atoms with van der Waals surface area (Å²) in [5.41, 5.74) is 1.64. The number of hydrogen-bond acceptors (Lipinski definition) is 2. The molecule has 2 nitrogen and oxygen atoms in total. The average molecular weight is 193 g/mol. The van der Waals surface area contributed by atoms with Crippen molar-refractivity contribution in [1.82, 2.24) is 0 Å². The van der Waals surface area contributed by atoms with Crippen molar-refractivity contribution in [2.45, 2.75) is 13.3 Å². The van der Waals surface area contributed by atoms with Gasteiger partial charge < -0.3 is 5.32 Å². The van der Waals surface area contributed by atoms with Crippen LogP contribution in [0.15, 0.2) is 18.2 Å². The van der Waals surface area contributed by atoms with Crippen molar-refractivity contribution in [1.29, 1.82) is 0 Å². The second kappa shape index (κ2) is 3.40. The molecule has 1 N–H and O–H groups in total. The summed E-state index contributed by atoms with van der Waals surface area (Å²) in [5.74, 6) is -0.111. The summed E-state index contributed by atoms with van der Waals surface area (Å²) in [5, 5.41) is 3.14. The number of Topliss-reactive ketones (excluding diaryl/α,β-unsaturated/α-hetero) is 1. The van der Waals surface area contributed by atoms with Gasteiger partial charge in [-0.15, -0.1) is 0 Å². The molecule has 0 saturated carbocycles. The van der Waals surface area contributed by atoms with Crippen LogP contribution in [0.4, 0.5) is 10.1 Å². The number of hydrogen-bond donors (Lipinski definition) is 1. The third kappa shape index (κ3) is 1.62. The molecule has 0 spiro atoms. The van der Waals surface area contributed by atoms with E-state index in [0.717, 1.165) is 11.3 Å². The standard InChI is InChI=1S/C11H12FNO/c1-7-6-13-10-3-2-9(12)4-8(10)5-11(7)14/h2-4,7,13H,5-6H2,1H3. The second-order valence-corrected chi connectivity index (χ2v) is 3.73. The van der Waals surface area contributed by atoms with Crippen LogP contribution in [0.3, 0.4) is 0 Å². The molecule has 1 aliphatic rings. The van der Waals surface area contributed by atoms with Crippen LogP contribution in [0.25, 0.3) is 0 Å². The van der Waals surface area contributed by atoms with Crippen molar-refractivity contribution < 1.29 is 9.18 Å². The lowest BCUT2D eigenvalue weighted by Gasteiger charge is -2.07. The number of benzene rings is 1. The van der Waals surface area contributed by atoms with Gasteiger partial charge in [-0.05, 0) is 23.8 Å². The molecule has 2 rings (SSSR count). The highest BCUT2D eigenvalue weighted by atomic mass is 19.1. The number of halogens is 1. The van der Waals surface area contributed by atoms with Crippen molar-refractivity contribution in [2.75, 3.05) is 11.9 Å². The molecule has 0 fully saturated rings. The fraction of sp³-hybridized carbons (Fsp3) is 0.364. The summed E-state index contributed by atoms with van der Waals surface area (Å²) in [7, 11) is 0. The molecule has 3 heteroatoms. The Labute approximate surface area is 82.1 Å². The highest BCUT2D eigenvalue weighted by molar-refractivity contribution is 5.86. The largest absolute Gasteiger partial charge is 0.384 e. The Balaban J connectivity index is 2.38. The van der Waals surface area contributed by atoms with Crippen molar-refractivity contribution in [3.63, 3.8) is 0 Å². The predicted octanol–water partition coefficient (Wildman–Crippen LogP) is 2.00. The van der Waals surface area contributed by atoms with Gasteiger partial charge in [0.15, 0.2) is 0 Å². The molecule has 0 saturated heterocycles. The third-order valence-electron chi connectivity index (χ3n) is 2.58. The molecule has 0 radical (unpaired) electrons. The molecule has 1 unspecified atom stereocenters. The zero-order valence-corrected chi connectivity index (χ0v) is 8.01. The first-order valence-corrected chi connectivity index (χ1v) is 4.72. The number of carbonyl (C=O) groups excluding carboxylic acids is 1. The third-order valence-corrected chi connectivity index (χ3v) is 2.58. The van der Waals surface area contributed by atoms with Gasteiger partial charge in [0.25, 0.3) is 0 Å². The lowest BCUT2D eigenvalue weighted by Crippen LogP contribution is -2.17. The van der Waals surface area contributed by atoms with E-state index in [9.17, 15) is 9.18 Å². The van der Waals surface area contributed by atoms with E-state index in [1.54, 1.807) is 6.07 Å². The lowest BCUT2D eigenvalue weighted by molar-refractivity contribution is -0.121. The van der Waals surface area contributed by atoms with Crippen LogP contribution < -0.4 is 5.32 Å². The van der Waals surface area contributed by atoms with E-state index in [1.165, 1.54) is 12.1 Å². The number of fused-ring (bicyclic) bond motifs is 1. The van der Waals surface area contributed by atoms with Crippen molar-refractivity contribution >= 4 is 11.5 Å². The van der Waals surface area contributed by atoms with Gasteiger partial charge in [0.2, 0.25) is 0 Å². The van der Waals surface area contributed by atoms with E-state index in [-0.39, 0.29) is 17.5 Å². The first-order chi connectivity index (χ1) is 6.66. The summed E-state index contributed by atoms with van der Waals surface area (Å²) in [6.45, 7) is 2.52. The highest BCUT2D eigenvalue weighted by Crippen LogP contribution is 2.22. The maximum absolute atomic E-state index is 12.9. The minimum atomic E-state index is -0.284. The summed E-state index contributed by atoms with van der Waals surface area (Å²) >= 11 is 0. The SMILES string of the molecule is CC1CNc2ccc(F)cc2CC1=O. The van der Waals surface area contributed by atoms with Crippen LogP contribution in [0, 0.1) is 11.7 Å². The quantitative estimate of drug-likeness (QED) is 0.682. The molecule has 1 aromatic rings. The molecule has 1 heterocycles. The van der Waals surface area contributed by atoms with Crippen LogP contribution in [-0.4, -0.2) is 12.3 Å². The smallest absolute Gasteiger partial charge is 0.141 e. The minimum absolute atomic E-state index is 0.00506. The summed E-state index contributed by atoms with van der Waals surface area (Å²) < 4.78 is 12.9. The zero-order chi connectivity index (χ0) is 10.1. The maximum atomic E-state index is 12.9. The van der Waals surface area contributed by atoms with Crippen molar-refractivity contribution in [2.24, 2.45) is 5.92 Å². The van der Waals surface area contributed by atoms with Gasteiger partial charge in [0.05, 0.1) is 0 Å². The number of nitrogens with one attached hydrogen (secondary N) is 1. The van der Waals surface area contributed by atoms with E-state index in [2.05, 4.69) is 5.32 Å². The normalized spacial score (nSPS) is 21.0. The minimum Gasteiger partial charge on any atom is -0.384 e. The van der Waals surface area contributed by atoms with E-state index >= 15 is 0 Å². The number of rotatable bonds is 0. The molecule has 0 amide bonds. The molecular formula is C11H12FNO. The Morgan fingerprint density at radius 2 is 2.29 bits per heavy atom. The van der Waals surface area contributed by atoms with Gasteiger partial charge in [-0.3, -0.25) is 4.79 Å². The molecule has 1 aromatic carbocycles. The summed E-state index contributed by atoms with van der Waals surface area (Å²) in [6, 6.07) is 4.53. The van der Waals surface area contributed by atoms with E-state index in [4.69, 9.17) is 0 Å². The molecular weight excluding hydrogens is 181 g/mol. The van der Waals surface area contributed by atoms with Gasteiger partial charge >= 0.3 is 0 Å². The topological polar surface area (TPSA) is 29.1 Å². The molecule has 0 bridgehead atoms. The van der Waals surface area contributed by atoms with Crippen LogP contribution in [-0.2, 0) is 11.2 Å². The lowest BCUT2D eigenvalue weighted by atomic mass is 10.0. The van der Waals surface area contributed by atoms with Crippen LogP contribution in [0.1, 0.15) is 12.5 Å². The molecule has 14 heavy (non-hydrogen) atoms. The van der Waals surface area contributed by atoms with Gasteiger partial charge in [0.1, 0.15) is 11.6 Å². The Hall–Kier alpha value is -1.38. The first-order valence-electron chi connectivity index (χ1n) is 4.72. The second-order valence-electron chi connectivity index (χ2n) is 3.73. The fourth-order valence-electron chi connectivity index (χ4n) is 1.62. The Morgan fingerprint density at radius 3 is 3.07 bits per heavy atom. The van der Waals surface area contributed by atoms with Crippen molar-refractivity contribution in [3.8, 4) is 0 Å². The highest BCUT2D eigenvalue weighted by Gasteiger charge is 2.19. The molecule has 0 aliphatic carbocycles. The monoisotopic (exact) mass is 193 g/mol. The average Bonchev–Trinajstić information content (AvgIpc) is 2.27. The molecule has 74 valence electrons. The number of ketones is 1. The van der Waals surface area contributed by atoms with E-state index in [1.807, 2.05) is 6.92 Å². The van der Waals surface area contributed by atoms with Crippen LogP contribution in [0.2, 0.25) is 0 Å². The van der Waals surface area contributed by atoms with Crippen molar-refractivity contribution in [3.05, 3.63) is 29.6 Å². The Morgan fingerprint density at radius 1 is 1.50 bits per heavy atom. The number of anilines is 1. The van der Waals surface area contributed by atoms with E-state index < -0.39 is 0 Å². The summed E-state index contributed by atoms with van der Waals surface area (Å²) in [6.07, 6.45) is 0.335. The van der Waals surface area contributed by atoms with E-state index in [0.29, 0.717) is 13.0 Å². The molecule has 0 aromatic heterocycles. The fourth-order valence-corrected chi connectivity index (χ4v) is 1.62. The summed E-state index contributed by atoms with van der Waals surface area (Å²) in [4.78, 5) is 11.5. The zero-order valence-electron chi connectivity index (χ0n) is 8.01.